The molecule has 23 heavy (non-hydrogen) atoms. The minimum Gasteiger partial charge on any atom is -0.391 e. The number of hydrogen-bond donors (Lipinski definition) is 0. The van der Waals surface area contributed by atoms with Gasteiger partial charge in [-0.3, -0.25) is 0 Å². The van der Waals surface area contributed by atoms with Crippen molar-refractivity contribution in [3.8, 4) is 11.3 Å². The zero-order chi connectivity index (χ0) is 15.8. The molecule has 2 aromatic heterocycles. The maximum absolute atomic E-state index is 5.29. The fourth-order valence-corrected chi connectivity index (χ4v) is 2.61. The minimum atomic E-state index is 0.337. The molecule has 0 saturated carbocycles. The number of oxime groups is 1. The summed E-state index contributed by atoms with van der Waals surface area (Å²) in [6.45, 7) is 5.97. The number of hydrogen-bond acceptors (Lipinski definition) is 6. The van der Waals surface area contributed by atoms with Crippen molar-refractivity contribution in [3.05, 3.63) is 54.0 Å². The summed E-state index contributed by atoms with van der Waals surface area (Å²) in [5.41, 5.74) is 4.02. The van der Waals surface area contributed by atoms with E-state index in [-0.39, 0.29) is 0 Å². The quantitative estimate of drug-likeness (QED) is 0.327. The van der Waals surface area contributed by atoms with E-state index in [2.05, 4.69) is 32.0 Å². The second kappa shape index (κ2) is 5.28. The molecule has 0 amide bonds. The van der Waals surface area contributed by atoms with Crippen LogP contribution in [0, 0.1) is 0 Å². The molecule has 3 aromatic rings. The number of fused-ring (bicyclic) bond motifs is 4. The summed E-state index contributed by atoms with van der Waals surface area (Å²) in [5, 5.41) is 17.1. The number of benzene rings is 1. The fraction of sp³-hybridized carbons (Fsp3) is 0.188. The first-order valence-corrected chi connectivity index (χ1v) is 7.36. The van der Waals surface area contributed by atoms with E-state index in [9.17, 15) is 0 Å². The van der Waals surface area contributed by atoms with Crippen LogP contribution in [-0.4, -0.2) is 37.1 Å². The molecule has 0 fully saturated rings. The van der Waals surface area contributed by atoms with Crippen LogP contribution in [0.1, 0.15) is 24.0 Å². The lowest BCUT2D eigenvalue weighted by molar-refractivity contribution is 0.175. The monoisotopic (exact) mass is 306 g/mol. The third-order valence-corrected chi connectivity index (χ3v) is 3.65. The fourth-order valence-electron chi connectivity index (χ4n) is 2.61. The largest absolute Gasteiger partial charge is 0.391 e. The predicted octanol–water partition coefficient (Wildman–Crippen LogP) is 2.02. The molecule has 0 aliphatic heterocycles. The van der Waals surface area contributed by atoms with E-state index < -0.39 is 0 Å². The molecule has 0 bridgehead atoms. The molecule has 1 aliphatic carbocycles. The number of aromatic nitrogens is 5. The van der Waals surface area contributed by atoms with Crippen molar-refractivity contribution >= 4 is 11.5 Å². The van der Waals surface area contributed by atoms with Gasteiger partial charge in [-0.05, 0) is 0 Å². The average Bonchev–Trinajstić information content (AvgIpc) is 3.12. The highest BCUT2D eigenvalue weighted by Gasteiger charge is 2.30. The Morgan fingerprint density at radius 3 is 2.83 bits per heavy atom. The van der Waals surface area contributed by atoms with E-state index in [0.717, 1.165) is 29.1 Å². The van der Waals surface area contributed by atoms with Crippen molar-refractivity contribution in [1.82, 2.24) is 24.8 Å². The van der Waals surface area contributed by atoms with Gasteiger partial charge in [-0.25, -0.2) is 4.98 Å². The highest BCUT2D eigenvalue weighted by Crippen LogP contribution is 2.34. The molecule has 1 aliphatic rings. The van der Waals surface area contributed by atoms with E-state index in [1.165, 1.54) is 0 Å². The molecule has 1 aromatic carbocycles. The minimum absolute atomic E-state index is 0.337. The van der Waals surface area contributed by atoms with Crippen molar-refractivity contribution in [2.24, 2.45) is 5.16 Å². The highest BCUT2D eigenvalue weighted by atomic mass is 16.6. The van der Waals surface area contributed by atoms with Crippen LogP contribution in [0.5, 0.6) is 0 Å². The molecular weight excluding hydrogens is 292 g/mol. The smallest absolute Gasteiger partial charge is 0.272 e. The van der Waals surface area contributed by atoms with Gasteiger partial charge >= 0.3 is 0 Å². The molecule has 0 spiro atoms. The highest BCUT2D eigenvalue weighted by molar-refractivity contribution is 6.22. The molecule has 7 heteroatoms. The van der Waals surface area contributed by atoms with Gasteiger partial charge < -0.3 is 4.84 Å². The Labute approximate surface area is 132 Å². The van der Waals surface area contributed by atoms with Gasteiger partial charge in [0, 0.05) is 17.5 Å². The Balaban J connectivity index is 1.96. The Morgan fingerprint density at radius 2 is 2.04 bits per heavy atom. The molecule has 4 rings (SSSR count). The number of rotatable bonds is 4. The van der Waals surface area contributed by atoms with E-state index in [1.807, 2.05) is 31.2 Å². The van der Waals surface area contributed by atoms with Gasteiger partial charge in [0.15, 0.2) is 5.82 Å². The Bertz CT molecular complexity index is 943. The third-order valence-electron chi connectivity index (χ3n) is 3.65. The number of nitrogens with zero attached hydrogens (tertiary/aromatic N) is 6. The molecule has 0 radical (unpaired) electrons. The maximum atomic E-state index is 5.29. The first kappa shape index (κ1) is 13.6. The van der Waals surface area contributed by atoms with Crippen LogP contribution in [0.2, 0.25) is 0 Å². The summed E-state index contributed by atoms with van der Waals surface area (Å²) in [7, 11) is 0. The normalized spacial score (nSPS) is 14.0. The van der Waals surface area contributed by atoms with Crippen molar-refractivity contribution in [2.45, 2.75) is 13.3 Å². The van der Waals surface area contributed by atoms with E-state index >= 15 is 0 Å². The molecule has 2 heterocycles. The Hall–Kier alpha value is -3.09. The predicted molar refractivity (Wildman–Crippen MR) is 85.2 cm³/mol. The van der Waals surface area contributed by atoms with Crippen LogP contribution in [0.4, 0.5) is 0 Å². The zero-order valence-corrected chi connectivity index (χ0v) is 12.6. The van der Waals surface area contributed by atoms with Crippen LogP contribution in [-0.2, 0) is 11.3 Å². The topological polar surface area (TPSA) is 77.6 Å². The number of aryl methyl sites for hydroxylation is 1. The SMILES string of the molecule is C=CCON=C1c2ccccc2-c2nc3nnc(CC)n3nc21. The van der Waals surface area contributed by atoms with Crippen LogP contribution < -0.4 is 0 Å². The van der Waals surface area contributed by atoms with Crippen molar-refractivity contribution in [3.63, 3.8) is 0 Å². The lowest BCUT2D eigenvalue weighted by Crippen LogP contribution is -2.08. The molecule has 0 saturated heterocycles. The van der Waals surface area contributed by atoms with Gasteiger partial charge in [-0.2, -0.15) is 9.61 Å². The lowest BCUT2D eigenvalue weighted by Gasteiger charge is -2.01. The molecule has 0 unspecified atom stereocenters. The third kappa shape index (κ3) is 2.01. The van der Waals surface area contributed by atoms with Crippen LogP contribution in [0.15, 0.2) is 42.1 Å². The van der Waals surface area contributed by atoms with Crippen molar-refractivity contribution in [1.29, 1.82) is 0 Å². The molecular formula is C16H14N6O. The van der Waals surface area contributed by atoms with Crippen LogP contribution in [0.3, 0.4) is 0 Å². The second-order valence-corrected chi connectivity index (χ2v) is 5.06. The van der Waals surface area contributed by atoms with Crippen LogP contribution >= 0.6 is 0 Å². The maximum Gasteiger partial charge on any atom is 0.272 e. The van der Waals surface area contributed by atoms with Gasteiger partial charge in [0.25, 0.3) is 5.78 Å². The summed E-state index contributed by atoms with van der Waals surface area (Å²) in [4.78, 5) is 9.91. The van der Waals surface area contributed by atoms with Gasteiger partial charge in [0.1, 0.15) is 23.7 Å². The Morgan fingerprint density at radius 1 is 1.22 bits per heavy atom. The van der Waals surface area contributed by atoms with E-state index in [0.29, 0.717) is 23.8 Å². The van der Waals surface area contributed by atoms with E-state index in [1.54, 1.807) is 10.6 Å². The first-order chi connectivity index (χ1) is 11.3. The summed E-state index contributed by atoms with van der Waals surface area (Å²) in [6.07, 6.45) is 2.37. The van der Waals surface area contributed by atoms with Gasteiger partial charge in [0.2, 0.25) is 0 Å². The molecule has 114 valence electrons. The van der Waals surface area contributed by atoms with Gasteiger partial charge in [0.05, 0.1) is 0 Å². The molecule has 7 nitrogen and oxygen atoms in total. The van der Waals surface area contributed by atoms with Gasteiger partial charge in [-0.1, -0.05) is 49.0 Å². The van der Waals surface area contributed by atoms with E-state index in [4.69, 9.17) is 4.84 Å². The summed E-state index contributed by atoms with van der Waals surface area (Å²) >= 11 is 0. The second-order valence-electron chi connectivity index (χ2n) is 5.06. The molecule has 0 atom stereocenters. The lowest BCUT2D eigenvalue weighted by atomic mass is 10.1. The molecule has 0 N–H and O–H groups in total. The van der Waals surface area contributed by atoms with Crippen molar-refractivity contribution in [2.75, 3.05) is 6.61 Å². The zero-order valence-electron chi connectivity index (χ0n) is 12.6. The van der Waals surface area contributed by atoms with Gasteiger partial charge in [-0.15, -0.1) is 10.2 Å². The van der Waals surface area contributed by atoms with Crippen LogP contribution in [0.25, 0.3) is 17.0 Å². The summed E-state index contributed by atoms with van der Waals surface area (Å²) in [5.74, 6) is 1.25. The summed E-state index contributed by atoms with van der Waals surface area (Å²) in [6, 6.07) is 7.89. The van der Waals surface area contributed by atoms with Crippen molar-refractivity contribution < 1.29 is 4.84 Å². The summed E-state index contributed by atoms with van der Waals surface area (Å²) < 4.78 is 1.66. The first-order valence-electron chi connectivity index (χ1n) is 7.36. The average molecular weight is 306 g/mol. The standard InChI is InChI=1S/C16H14N6O/c1-3-9-23-21-14-11-8-6-5-7-10(11)13-15(14)20-22-12(4-2)18-19-16(22)17-13/h3,5-8H,1,4,9H2,2H3. The Kier molecular flexibility index (Phi) is 3.11.